The lowest BCUT2D eigenvalue weighted by molar-refractivity contribution is -0.696. The van der Waals surface area contributed by atoms with Crippen LogP contribution in [0, 0.1) is 5.92 Å². The number of hydrogen-bond donors (Lipinski definition) is 6. The van der Waals surface area contributed by atoms with Gasteiger partial charge in [-0.1, -0.05) is 13.8 Å². The zero-order valence-corrected chi connectivity index (χ0v) is 17.8. The van der Waals surface area contributed by atoms with Gasteiger partial charge in [0.25, 0.3) is 0 Å². The number of rotatable bonds is 10. The Balaban J connectivity index is 1.72. The van der Waals surface area contributed by atoms with Gasteiger partial charge >= 0.3 is 5.97 Å². The Hall–Kier alpha value is -2.38. The van der Waals surface area contributed by atoms with Crippen molar-refractivity contribution in [3.63, 3.8) is 0 Å². The van der Waals surface area contributed by atoms with E-state index in [9.17, 15) is 15.0 Å². The molecule has 1 aliphatic rings. The van der Waals surface area contributed by atoms with Crippen LogP contribution in [-0.2, 0) is 9.53 Å². The predicted octanol–water partition coefficient (Wildman–Crippen LogP) is -2.52. The highest BCUT2D eigenvalue weighted by atomic mass is 16.6. The number of aliphatic carboxylic acids is 1. The largest absolute Gasteiger partial charge is 0.477 e. The summed E-state index contributed by atoms with van der Waals surface area (Å²) >= 11 is 0. The third-order valence-electron chi connectivity index (χ3n) is 5.71. The third-order valence-corrected chi connectivity index (χ3v) is 5.71. The zero-order valence-electron chi connectivity index (χ0n) is 17.8. The number of fused-ring (bicyclic) bond motifs is 1. The minimum atomic E-state index is -1.18. The first-order valence-corrected chi connectivity index (χ1v) is 10.5. The number of carboxylic acid groups (broad SMARTS) is 1. The second kappa shape index (κ2) is 9.83. The minimum absolute atomic E-state index is 0.0223. The van der Waals surface area contributed by atoms with Gasteiger partial charge in [-0.15, -0.1) is 0 Å². The van der Waals surface area contributed by atoms with Crippen molar-refractivity contribution in [3.8, 4) is 0 Å². The number of aromatic nitrogens is 4. The van der Waals surface area contributed by atoms with Crippen LogP contribution in [0.5, 0.6) is 0 Å². The molecule has 1 fully saturated rings. The first kappa shape index (κ1) is 23.3. The van der Waals surface area contributed by atoms with Gasteiger partial charge in [0, 0.05) is 25.2 Å². The summed E-state index contributed by atoms with van der Waals surface area (Å²) in [7, 11) is 0. The van der Waals surface area contributed by atoms with Crippen molar-refractivity contribution in [1.82, 2.24) is 19.5 Å². The van der Waals surface area contributed by atoms with Crippen molar-refractivity contribution < 1.29 is 35.9 Å². The highest BCUT2D eigenvalue weighted by Gasteiger charge is 2.45. The molecule has 12 nitrogen and oxygen atoms in total. The topological polar surface area (TPSA) is 201 Å². The molecule has 0 amide bonds. The Kier molecular flexibility index (Phi) is 7.38. The minimum Gasteiger partial charge on any atom is -0.477 e. The van der Waals surface area contributed by atoms with Crippen LogP contribution < -0.4 is 16.8 Å². The SMILES string of the molecule is CC(C)C[NH2+][C@@H](CC[C@@H]([NH3+])C(=O)O)C[C@H]1O[C@@H](n2cnc3c(N)ncnc32)[C@H](O)[C@@H]1O. The van der Waals surface area contributed by atoms with E-state index in [1.165, 1.54) is 12.7 Å². The molecule has 0 bridgehead atoms. The van der Waals surface area contributed by atoms with Gasteiger partial charge in [0.15, 0.2) is 23.7 Å². The maximum atomic E-state index is 11.1. The van der Waals surface area contributed by atoms with Gasteiger partial charge in [0.05, 0.1) is 25.0 Å². The maximum Gasteiger partial charge on any atom is 0.362 e. The van der Waals surface area contributed by atoms with Gasteiger partial charge < -0.3 is 36.8 Å². The summed E-state index contributed by atoms with van der Waals surface area (Å²) in [4.78, 5) is 23.4. The standard InChI is InChI=1S/C19H31N7O5/c1-9(2)6-22-10(3-4-11(20)19(29)30)5-12-14(27)15(28)18(31-12)26-8-25-13-16(21)23-7-24-17(13)26/h7-12,14-15,18,22,27-28H,3-6,20H2,1-2H3,(H,29,30)(H2,21,23,24)/p+2/t10-,11+,12+,14+,15+,18+/m0/s1. The fourth-order valence-electron chi connectivity index (χ4n) is 3.84. The van der Waals surface area contributed by atoms with E-state index in [2.05, 4.69) is 39.8 Å². The molecular formula is C19H33N7O5+2. The number of nitrogens with two attached hydrogens (primary N) is 2. The Labute approximate surface area is 179 Å². The van der Waals surface area contributed by atoms with E-state index in [0.717, 1.165) is 6.54 Å². The smallest absolute Gasteiger partial charge is 0.362 e. The number of imidazole rings is 1. The second-order valence-electron chi connectivity index (χ2n) is 8.60. The fourth-order valence-corrected chi connectivity index (χ4v) is 3.84. The quantitative estimate of drug-likeness (QED) is 0.231. The molecule has 0 aliphatic carbocycles. The molecule has 0 spiro atoms. The van der Waals surface area contributed by atoms with Crippen LogP contribution in [-0.4, -0.2) is 77.7 Å². The Bertz CT molecular complexity index is 892. The lowest BCUT2D eigenvalue weighted by Crippen LogP contribution is -2.91. The summed E-state index contributed by atoms with van der Waals surface area (Å²) in [6, 6.07) is -0.667. The molecule has 0 radical (unpaired) electrons. The van der Waals surface area contributed by atoms with Gasteiger partial charge in [0.2, 0.25) is 0 Å². The monoisotopic (exact) mass is 439 g/mol. The summed E-state index contributed by atoms with van der Waals surface area (Å²) in [5, 5.41) is 32.6. The normalized spacial score (nSPS) is 25.9. The van der Waals surface area contributed by atoms with Crippen molar-refractivity contribution in [2.24, 2.45) is 5.92 Å². The van der Waals surface area contributed by atoms with E-state index in [-0.39, 0.29) is 11.9 Å². The van der Waals surface area contributed by atoms with E-state index in [1.54, 1.807) is 4.57 Å². The summed E-state index contributed by atoms with van der Waals surface area (Å²) in [6.45, 7) is 5.07. The molecule has 1 aliphatic heterocycles. The Morgan fingerprint density at radius 1 is 1.29 bits per heavy atom. The van der Waals surface area contributed by atoms with Crippen LogP contribution in [0.2, 0.25) is 0 Å². The summed E-state index contributed by atoms with van der Waals surface area (Å²) in [6.07, 6.45) is 0.473. The number of aliphatic hydroxyl groups excluding tert-OH is 2. The van der Waals surface area contributed by atoms with Crippen LogP contribution in [0.3, 0.4) is 0 Å². The van der Waals surface area contributed by atoms with Crippen LogP contribution in [0.4, 0.5) is 5.82 Å². The lowest BCUT2D eigenvalue weighted by Gasteiger charge is -2.22. The van der Waals surface area contributed by atoms with Crippen molar-refractivity contribution in [3.05, 3.63) is 12.7 Å². The highest BCUT2D eigenvalue weighted by Crippen LogP contribution is 2.33. The molecule has 12 heteroatoms. The van der Waals surface area contributed by atoms with Crippen LogP contribution in [0.1, 0.15) is 39.3 Å². The van der Waals surface area contributed by atoms with Gasteiger partial charge in [-0.2, -0.15) is 0 Å². The van der Waals surface area contributed by atoms with Gasteiger partial charge in [0.1, 0.15) is 24.1 Å². The molecule has 3 heterocycles. The highest BCUT2D eigenvalue weighted by molar-refractivity contribution is 5.81. The van der Waals surface area contributed by atoms with Crippen molar-refractivity contribution in [2.75, 3.05) is 12.3 Å². The zero-order chi connectivity index (χ0) is 22.7. The number of nitrogens with zero attached hydrogens (tertiary/aromatic N) is 4. The fraction of sp³-hybridized carbons (Fsp3) is 0.684. The number of carboxylic acids is 1. The first-order valence-electron chi connectivity index (χ1n) is 10.5. The maximum absolute atomic E-state index is 11.1. The number of carbonyl (C=O) groups is 1. The molecule has 172 valence electrons. The van der Waals surface area contributed by atoms with Crippen LogP contribution in [0.25, 0.3) is 11.2 Å². The molecule has 31 heavy (non-hydrogen) atoms. The van der Waals surface area contributed by atoms with E-state index >= 15 is 0 Å². The van der Waals surface area contributed by atoms with Gasteiger partial charge in [-0.25, -0.2) is 19.7 Å². The van der Waals surface area contributed by atoms with Crippen molar-refractivity contribution >= 4 is 23.0 Å². The molecule has 2 aromatic rings. The van der Waals surface area contributed by atoms with Gasteiger partial charge in [-0.05, 0) is 0 Å². The summed E-state index contributed by atoms with van der Waals surface area (Å²) in [5.41, 5.74) is 10.3. The molecule has 10 N–H and O–H groups in total. The Morgan fingerprint density at radius 3 is 2.71 bits per heavy atom. The second-order valence-corrected chi connectivity index (χ2v) is 8.60. The first-order chi connectivity index (χ1) is 14.7. The van der Waals surface area contributed by atoms with Crippen LogP contribution >= 0.6 is 0 Å². The molecule has 0 aromatic carbocycles. The number of anilines is 1. The molecule has 3 rings (SSSR count). The average molecular weight is 440 g/mol. The predicted molar refractivity (Wildman–Crippen MR) is 109 cm³/mol. The van der Waals surface area contributed by atoms with Crippen molar-refractivity contribution in [1.29, 1.82) is 0 Å². The molecule has 0 unspecified atom stereocenters. The summed E-state index contributed by atoms with van der Waals surface area (Å²) < 4.78 is 7.59. The molecule has 1 saturated heterocycles. The van der Waals surface area contributed by atoms with Crippen LogP contribution in [0.15, 0.2) is 12.7 Å². The summed E-state index contributed by atoms with van der Waals surface area (Å²) in [5.74, 6) is -0.255. The number of aliphatic hydroxyl groups is 2. The van der Waals surface area contributed by atoms with E-state index in [1.807, 2.05) is 0 Å². The Morgan fingerprint density at radius 2 is 2.03 bits per heavy atom. The number of ether oxygens (including phenoxy) is 1. The molecular weight excluding hydrogens is 406 g/mol. The number of nitrogen functional groups attached to an aromatic ring is 1. The number of quaternary nitrogens is 2. The number of hydrogen-bond acceptors (Lipinski definition) is 8. The molecule has 2 aromatic heterocycles. The molecule has 0 saturated carbocycles. The van der Waals surface area contributed by atoms with E-state index in [0.29, 0.717) is 36.3 Å². The van der Waals surface area contributed by atoms with Crippen molar-refractivity contribution in [2.45, 2.75) is 69.7 Å². The van der Waals surface area contributed by atoms with Gasteiger partial charge in [-0.3, -0.25) is 4.57 Å². The molecule has 6 atom stereocenters. The lowest BCUT2D eigenvalue weighted by atomic mass is 9.97. The van der Waals surface area contributed by atoms with E-state index in [4.69, 9.17) is 15.6 Å². The van der Waals surface area contributed by atoms with E-state index < -0.39 is 36.6 Å². The average Bonchev–Trinajstić information content (AvgIpc) is 3.26. The third kappa shape index (κ3) is 5.28.